The Morgan fingerprint density at radius 3 is 2.91 bits per heavy atom. The largest absolute Gasteiger partial charge is 0.496 e. The van der Waals surface area contributed by atoms with Crippen LogP contribution in [0.1, 0.15) is 30.6 Å². The van der Waals surface area contributed by atoms with Crippen molar-refractivity contribution in [2.75, 3.05) is 24.3 Å². The molecule has 1 aromatic carbocycles. The van der Waals surface area contributed by atoms with Gasteiger partial charge in [-0.2, -0.15) is 0 Å². The summed E-state index contributed by atoms with van der Waals surface area (Å²) in [5.41, 5.74) is 0.713. The van der Waals surface area contributed by atoms with E-state index in [2.05, 4.69) is 5.32 Å². The van der Waals surface area contributed by atoms with Crippen LogP contribution in [-0.4, -0.2) is 30.8 Å². The molecule has 2 rings (SSSR count). The number of hydrogen-bond donors (Lipinski definition) is 1. The van der Waals surface area contributed by atoms with Gasteiger partial charge in [-0.3, -0.25) is 4.79 Å². The number of esters is 1. The quantitative estimate of drug-likeness (QED) is 0.813. The zero-order valence-corrected chi connectivity index (χ0v) is 14.6. The Balaban J connectivity index is 2.14. The molecule has 1 aliphatic heterocycles. The van der Waals surface area contributed by atoms with E-state index in [0.29, 0.717) is 29.6 Å². The molecular formula is C16H18ClNO4S. The highest BCUT2D eigenvalue weighted by atomic mass is 35.5. The molecule has 1 aromatic rings. The first-order valence-corrected chi connectivity index (χ1v) is 8.63. The number of hydrogen-bond acceptors (Lipinski definition) is 5. The molecule has 0 saturated carbocycles. The number of rotatable bonds is 5. The van der Waals surface area contributed by atoms with Crippen molar-refractivity contribution >= 4 is 40.9 Å². The molecule has 0 saturated heterocycles. The summed E-state index contributed by atoms with van der Waals surface area (Å²) < 4.78 is 10.5. The highest BCUT2D eigenvalue weighted by molar-refractivity contribution is 8.04. The molecule has 0 aromatic heterocycles. The molecule has 1 aliphatic rings. The summed E-state index contributed by atoms with van der Waals surface area (Å²) in [5.74, 6) is 0.575. The van der Waals surface area contributed by atoms with E-state index >= 15 is 0 Å². The fourth-order valence-electron chi connectivity index (χ4n) is 1.95. The van der Waals surface area contributed by atoms with Crippen LogP contribution >= 0.6 is 23.4 Å². The molecule has 0 spiro atoms. The lowest BCUT2D eigenvalue weighted by Gasteiger charge is -2.18. The van der Waals surface area contributed by atoms with Crippen molar-refractivity contribution in [2.45, 2.75) is 20.3 Å². The van der Waals surface area contributed by atoms with Crippen LogP contribution in [0.2, 0.25) is 5.02 Å². The van der Waals surface area contributed by atoms with E-state index in [1.165, 1.54) is 17.8 Å². The number of halogens is 1. The van der Waals surface area contributed by atoms with Crippen molar-refractivity contribution < 1.29 is 19.1 Å². The van der Waals surface area contributed by atoms with Gasteiger partial charge >= 0.3 is 5.97 Å². The number of nitrogens with one attached hydrogen (secondary N) is 1. The van der Waals surface area contributed by atoms with Crippen molar-refractivity contribution in [3.63, 3.8) is 0 Å². The summed E-state index contributed by atoms with van der Waals surface area (Å²) in [5, 5.41) is 3.04. The smallest absolute Gasteiger partial charge is 0.339 e. The van der Waals surface area contributed by atoms with Gasteiger partial charge in [0.25, 0.3) is 5.91 Å². The average Bonchev–Trinajstić information content (AvgIpc) is 2.54. The van der Waals surface area contributed by atoms with E-state index in [9.17, 15) is 9.59 Å². The first-order chi connectivity index (χ1) is 11.0. The zero-order chi connectivity index (χ0) is 16.8. The highest BCUT2D eigenvalue weighted by Crippen LogP contribution is 2.27. The third kappa shape index (κ3) is 4.65. The lowest BCUT2D eigenvalue weighted by Crippen LogP contribution is -2.18. The lowest BCUT2D eigenvalue weighted by molar-refractivity contribution is -0.112. The van der Waals surface area contributed by atoms with Crippen LogP contribution in [0.4, 0.5) is 5.69 Å². The SMILES string of the molecule is CCCOC(=O)c1cc(NC(=O)C2=C(C)OCCS2)ccc1Cl. The van der Waals surface area contributed by atoms with Crippen molar-refractivity contribution in [1.29, 1.82) is 0 Å². The van der Waals surface area contributed by atoms with Gasteiger partial charge in [0.2, 0.25) is 0 Å². The van der Waals surface area contributed by atoms with Crippen molar-refractivity contribution in [2.24, 2.45) is 0 Å². The van der Waals surface area contributed by atoms with Crippen LogP contribution in [-0.2, 0) is 14.3 Å². The molecule has 1 heterocycles. The maximum absolute atomic E-state index is 12.3. The minimum absolute atomic E-state index is 0.233. The van der Waals surface area contributed by atoms with Gasteiger partial charge < -0.3 is 14.8 Å². The second-order valence-electron chi connectivity index (χ2n) is 4.87. The van der Waals surface area contributed by atoms with Crippen molar-refractivity contribution in [3.05, 3.63) is 39.4 Å². The van der Waals surface area contributed by atoms with Gasteiger partial charge in [-0.25, -0.2) is 4.79 Å². The number of carbonyl (C=O) groups is 2. The molecular weight excluding hydrogens is 338 g/mol. The molecule has 23 heavy (non-hydrogen) atoms. The molecule has 1 amide bonds. The van der Waals surface area contributed by atoms with Gasteiger partial charge in [-0.1, -0.05) is 18.5 Å². The summed E-state index contributed by atoms with van der Waals surface area (Å²) >= 11 is 7.48. The van der Waals surface area contributed by atoms with E-state index in [-0.39, 0.29) is 16.5 Å². The van der Waals surface area contributed by atoms with Crippen LogP contribution in [0, 0.1) is 0 Å². The first kappa shape index (κ1) is 17.7. The highest BCUT2D eigenvalue weighted by Gasteiger charge is 2.20. The molecule has 7 heteroatoms. The second kappa shape index (κ2) is 8.26. The summed E-state index contributed by atoms with van der Waals surface area (Å²) in [6.45, 7) is 4.59. The minimum atomic E-state index is -0.501. The Hall–Kier alpha value is -1.66. The van der Waals surface area contributed by atoms with Crippen LogP contribution < -0.4 is 5.32 Å². The molecule has 0 bridgehead atoms. The second-order valence-corrected chi connectivity index (χ2v) is 6.38. The fraction of sp³-hybridized carbons (Fsp3) is 0.375. The Bertz CT molecular complexity index is 645. The number of carbonyl (C=O) groups excluding carboxylic acids is 2. The molecule has 0 atom stereocenters. The molecule has 0 unspecified atom stereocenters. The number of thioether (sulfide) groups is 1. The van der Waals surface area contributed by atoms with Crippen LogP contribution in [0.15, 0.2) is 28.9 Å². The monoisotopic (exact) mass is 355 g/mol. The molecule has 0 fully saturated rings. The van der Waals surface area contributed by atoms with E-state index in [1.54, 1.807) is 19.1 Å². The summed E-state index contributed by atoms with van der Waals surface area (Å²) in [4.78, 5) is 24.8. The number of amides is 1. The van der Waals surface area contributed by atoms with E-state index in [4.69, 9.17) is 21.1 Å². The molecule has 0 aliphatic carbocycles. The molecule has 124 valence electrons. The van der Waals surface area contributed by atoms with Gasteiger partial charge in [0.1, 0.15) is 10.7 Å². The normalized spacial score (nSPS) is 14.2. The topological polar surface area (TPSA) is 64.6 Å². The van der Waals surface area contributed by atoms with E-state index < -0.39 is 5.97 Å². The van der Waals surface area contributed by atoms with E-state index in [1.807, 2.05) is 6.92 Å². The van der Waals surface area contributed by atoms with Gasteiger partial charge in [0, 0.05) is 11.4 Å². The minimum Gasteiger partial charge on any atom is -0.496 e. The lowest BCUT2D eigenvalue weighted by atomic mass is 10.2. The van der Waals surface area contributed by atoms with Gasteiger partial charge in [0.05, 0.1) is 23.8 Å². The Labute approximate surface area is 144 Å². The van der Waals surface area contributed by atoms with Crippen molar-refractivity contribution in [3.8, 4) is 0 Å². The molecule has 1 N–H and O–H groups in total. The zero-order valence-electron chi connectivity index (χ0n) is 13.0. The Morgan fingerprint density at radius 1 is 1.43 bits per heavy atom. The first-order valence-electron chi connectivity index (χ1n) is 7.27. The van der Waals surface area contributed by atoms with Gasteiger partial charge in [0.15, 0.2) is 0 Å². The molecule has 0 radical (unpaired) electrons. The molecule has 5 nitrogen and oxygen atoms in total. The average molecular weight is 356 g/mol. The van der Waals surface area contributed by atoms with Crippen LogP contribution in [0.5, 0.6) is 0 Å². The number of ether oxygens (including phenoxy) is 2. The fourth-order valence-corrected chi connectivity index (χ4v) is 2.96. The maximum Gasteiger partial charge on any atom is 0.339 e. The maximum atomic E-state index is 12.3. The summed E-state index contributed by atoms with van der Waals surface area (Å²) in [6.07, 6.45) is 0.727. The number of allylic oxidation sites excluding steroid dienone is 1. The predicted molar refractivity (Wildman–Crippen MR) is 91.8 cm³/mol. The van der Waals surface area contributed by atoms with Crippen molar-refractivity contribution in [1.82, 2.24) is 0 Å². The summed E-state index contributed by atoms with van der Waals surface area (Å²) in [7, 11) is 0. The van der Waals surface area contributed by atoms with Crippen LogP contribution in [0.25, 0.3) is 0 Å². The van der Waals surface area contributed by atoms with Gasteiger partial charge in [-0.05, 0) is 31.5 Å². The third-order valence-corrected chi connectivity index (χ3v) is 4.52. The van der Waals surface area contributed by atoms with Crippen LogP contribution in [0.3, 0.4) is 0 Å². The Morgan fingerprint density at radius 2 is 2.22 bits per heavy atom. The Kier molecular flexibility index (Phi) is 6.36. The van der Waals surface area contributed by atoms with E-state index in [0.717, 1.165) is 12.2 Å². The summed E-state index contributed by atoms with van der Waals surface area (Å²) in [6, 6.07) is 4.72. The predicted octanol–water partition coefficient (Wildman–Crippen LogP) is 3.84. The van der Waals surface area contributed by atoms with Gasteiger partial charge in [-0.15, -0.1) is 11.8 Å². The number of anilines is 1. The number of benzene rings is 1. The standard InChI is InChI=1S/C16H18ClNO4S/c1-3-6-22-16(20)12-9-11(4-5-13(12)17)18-15(19)14-10(2)21-7-8-23-14/h4-5,9H,3,6-8H2,1-2H3,(H,18,19). The third-order valence-electron chi connectivity index (χ3n) is 3.06.